The van der Waals surface area contributed by atoms with E-state index in [0.717, 1.165) is 18.7 Å². The van der Waals surface area contributed by atoms with E-state index in [1.807, 2.05) is 0 Å². The molecule has 0 bridgehead atoms. The lowest BCUT2D eigenvalue weighted by molar-refractivity contribution is 0.000337. The maximum absolute atomic E-state index is 6.56. The molecule has 0 spiro atoms. The van der Waals surface area contributed by atoms with Crippen LogP contribution in [0.15, 0.2) is 146 Å². The van der Waals surface area contributed by atoms with Gasteiger partial charge in [-0.2, -0.15) is 0 Å². The van der Waals surface area contributed by atoms with Gasteiger partial charge in [0.25, 0.3) is 0 Å². The summed E-state index contributed by atoms with van der Waals surface area (Å²) < 4.78 is 6.56. The summed E-state index contributed by atoms with van der Waals surface area (Å²) in [4.78, 5) is 2.44. The maximum atomic E-state index is 6.56. The molecule has 1 atom stereocenters. The topological polar surface area (TPSA) is 12.5 Å². The zero-order valence-electron chi connectivity index (χ0n) is 24.2. The van der Waals surface area contributed by atoms with Crippen molar-refractivity contribution in [3.05, 3.63) is 179 Å². The summed E-state index contributed by atoms with van der Waals surface area (Å²) in [6.07, 6.45) is 4.51. The second-order valence-corrected chi connectivity index (χ2v) is 11.6. The Morgan fingerprint density at radius 2 is 1.07 bits per heavy atom. The molecular weight excluding hydrogens is 510 g/mol. The molecule has 7 rings (SSSR count). The van der Waals surface area contributed by atoms with Crippen molar-refractivity contribution in [3.63, 3.8) is 0 Å². The van der Waals surface area contributed by atoms with E-state index in [4.69, 9.17) is 4.74 Å². The van der Waals surface area contributed by atoms with Crippen LogP contribution in [-0.2, 0) is 10.2 Å². The number of fused-ring (bicyclic) bond motifs is 3. The van der Waals surface area contributed by atoms with Gasteiger partial charge in [0.05, 0.1) is 6.61 Å². The highest BCUT2D eigenvalue weighted by Gasteiger charge is 2.58. The first-order chi connectivity index (χ1) is 20.6. The Kier molecular flexibility index (Phi) is 6.64. The lowest BCUT2D eigenvalue weighted by Crippen LogP contribution is -2.51. The van der Waals surface area contributed by atoms with Gasteiger partial charge in [0.2, 0.25) is 0 Å². The van der Waals surface area contributed by atoms with Gasteiger partial charge in [-0.05, 0) is 56.7 Å². The first-order valence-electron chi connectivity index (χ1n) is 14.8. The largest absolute Gasteiger partial charge is 0.349 e. The van der Waals surface area contributed by atoms with Gasteiger partial charge >= 0.3 is 0 Å². The minimum absolute atomic E-state index is 0.167. The first-order valence-corrected chi connectivity index (χ1v) is 14.8. The molecule has 2 heterocycles. The Morgan fingerprint density at radius 3 is 1.62 bits per heavy atom. The minimum Gasteiger partial charge on any atom is -0.349 e. The first kappa shape index (κ1) is 26.3. The summed E-state index contributed by atoms with van der Waals surface area (Å²) in [5.74, 6) is 0. The average molecular weight is 546 g/mol. The molecule has 0 radical (unpaired) electrons. The van der Waals surface area contributed by atoms with Crippen molar-refractivity contribution >= 4 is 22.9 Å². The lowest BCUT2D eigenvalue weighted by atomic mass is 9.77. The molecule has 0 aromatic heterocycles. The fourth-order valence-corrected chi connectivity index (χ4v) is 6.83. The molecule has 2 nitrogen and oxygen atoms in total. The van der Waals surface area contributed by atoms with Gasteiger partial charge in [-0.3, -0.25) is 0 Å². The van der Waals surface area contributed by atoms with E-state index in [1.54, 1.807) is 0 Å². The van der Waals surface area contributed by atoms with E-state index in [0.29, 0.717) is 0 Å². The molecule has 5 aromatic rings. The van der Waals surface area contributed by atoms with Gasteiger partial charge in [-0.15, -0.1) is 0 Å². The van der Waals surface area contributed by atoms with Gasteiger partial charge in [0.15, 0.2) is 5.72 Å². The van der Waals surface area contributed by atoms with Crippen molar-refractivity contribution < 1.29 is 4.74 Å². The van der Waals surface area contributed by atoms with Crippen molar-refractivity contribution in [2.24, 2.45) is 0 Å². The Balaban J connectivity index is 1.31. The summed E-state index contributed by atoms with van der Waals surface area (Å²) in [6.45, 7) is 6.23. The molecule has 42 heavy (non-hydrogen) atoms. The van der Waals surface area contributed by atoms with Crippen LogP contribution in [0.4, 0.5) is 5.69 Å². The molecule has 206 valence electrons. The van der Waals surface area contributed by atoms with Crippen molar-refractivity contribution in [3.8, 4) is 0 Å². The number of anilines is 1. The normalized spacial score (nSPS) is 18.6. The monoisotopic (exact) mass is 545 g/mol. The van der Waals surface area contributed by atoms with Gasteiger partial charge < -0.3 is 9.64 Å². The Morgan fingerprint density at radius 1 is 0.595 bits per heavy atom. The zero-order chi connectivity index (χ0) is 28.6. The van der Waals surface area contributed by atoms with E-state index in [2.05, 4.69) is 170 Å². The number of hydrogen-bond acceptors (Lipinski definition) is 2. The molecule has 0 saturated carbocycles. The Bertz CT molecular complexity index is 1710. The SMILES string of the molecule is CC1(C)c2ccccc2N2CCO[C@@]21/C=C/c1ccc(C(=C(c2ccccc2)c2ccccc2)c2ccccc2)cc1. The maximum Gasteiger partial charge on any atom is 0.170 e. The number of ether oxygens (including phenoxy) is 1. The average Bonchev–Trinajstić information content (AvgIpc) is 3.56. The van der Waals surface area contributed by atoms with Crippen molar-refractivity contribution in [1.29, 1.82) is 0 Å². The zero-order valence-corrected chi connectivity index (χ0v) is 24.2. The summed E-state index contributed by atoms with van der Waals surface area (Å²) >= 11 is 0. The van der Waals surface area contributed by atoms with E-state index >= 15 is 0 Å². The number of rotatable bonds is 6. The van der Waals surface area contributed by atoms with Crippen molar-refractivity contribution in [1.82, 2.24) is 0 Å². The van der Waals surface area contributed by atoms with Gasteiger partial charge in [0.1, 0.15) is 0 Å². The second kappa shape index (κ2) is 10.6. The summed E-state index contributed by atoms with van der Waals surface area (Å²) in [6, 6.07) is 49.9. The quantitative estimate of drug-likeness (QED) is 0.197. The smallest absolute Gasteiger partial charge is 0.170 e. The molecule has 1 saturated heterocycles. The van der Waals surface area contributed by atoms with Crippen LogP contribution in [0.1, 0.15) is 47.2 Å². The summed E-state index contributed by atoms with van der Waals surface area (Å²) in [5, 5.41) is 0. The van der Waals surface area contributed by atoms with E-state index in [1.165, 1.54) is 44.7 Å². The highest BCUT2D eigenvalue weighted by atomic mass is 16.5. The molecule has 0 amide bonds. The third-order valence-corrected chi connectivity index (χ3v) is 8.94. The fourth-order valence-electron chi connectivity index (χ4n) is 6.83. The highest BCUT2D eigenvalue weighted by molar-refractivity contribution is 6.04. The van der Waals surface area contributed by atoms with Gasteiger partial charge in [0, 0.05) is 17.6 Å². The molecule has 5 aromatic carbocycles. The molecule has 0 aliphatic carbocycles. The number of hydrogen-bond donors (Lipinski definition) is 0. The number of para-hydroxylation sites is 1. The summed E-state index contributed by atoms with van der Waals surface area (Å²) in [5.41, 5.74) is 10.4. The van der Waals surface area contributed by atoms with Crippen LogP contribution in [0.3, 0.4) is 0 Å². The van der Waals surface area contributed by atoms with Gasteiger partial charge in [-0.25, -0.2) is 0 Å². The number of nitrogens with zero attached hydrogens (tertiary/aromatic N) is 1. The van der Waals surface area contributed by atoms with Crippen LogP contribution < -0.4 is 4.90 Å². The molecule has 0 N–H and O–H groups in total. The lowest BCUT2D eigenvalue weighted by Gasteiger charge is -2.39. The van der Waals surface area contributed by atoms with E-state index in [-0.39, 0.29) is 5.41 Å². The van der Waals surface area contributed by atoms with E-state index in [9.17, 15) is 0 Å². The van der Waals surface area contributed by atoms with Crippen LogP contribution >= 0.6 is 0 Å². The molecule has 0 unspecified atom stereocenters. The van der Waals surface area contributed by atoms with Crippen LogP contribution in [0.5, 0.6) is 0 Å². The van der Waals surface area contributed by atoms with Crippen LogP contribution in [0.25, 0.3) is 17.2 Å². The molecule has 2 heteroatoms. The standard InChI is InChI=1S/C40H35NO/c1-39(2)35-20-12-13-21-36(35)41-28-29-42-40(39,41)27-26-30-22-24-34(25-23-30)38(33-18-10-5-11-19-33)37(31-14-6-3-7-15-31)32-16-8-4-9-17-32/h3-27H,28-29H2,1-2H3/b27-26+/t40-/m1/s1. The van der Waals surface area contributed by atoms with Crippen molar-refractivity contribution in [2.75, 3.05) is 18.1 Å². The third kappa shape index (κ3) is 4.31. The predicted molar refractivity (Wildman–Crippen MR) is 175 cm³/mol. The fraction of sp³-hybridized carbons (Fsp3) is 0.150. The predicted octanol–water partition coefficient (Wildman–Crippen LogP) is 9.23. The Hall–Kier alpha value is -4.66. The molecule has 1 fully saturated rings. The summed E-state index contributed by atoms with van der Waals surface area (Å²) in [7, 11) is 0. The van der Waals surface area contributed by atoms with Crippen LogP contribution in [0, 0.1) is 0 Å². The van der Waals surface area contributed by atoms with E-state index < -0.39 is 5.72 Å². The van der Waals surface area contributed by atoms with Crippen molar-refractivity contribution in [2.45, 2.75) is 25.0 Å². The van der Waals surface area contributed by atoms with Crippen LogP contribution in [-0.4, -0.2) is 18.9 Å². The molecular formula is C40H35NO. The highest BCUT2D eigenvalue weighted by Crippen LogP contribution is 2.55. The van der Waals surface area contributed by atoms with Gasteiger partial charge in [-0.1, -0.05) is 153 Å². The Labute approximate surface area is 249 Å². The number of benzene rings is 5. The third-order valence-electron chi connectivity index (χ3n) is 8.94. The minimum atomic E-state index is -0.488. The second-order valence-electron chi connectivity index (χ2n) is 11.6. The molecule has 2 aliphatic rings. The van der Waals surface area contributed by atoms with Crippen LogP contribution in [0.2, 0.25) is 0 Å². The molecule has 2 aliphatic heterocycles.